The van der Waals surface area contributed by atoms with Crippen molar-refractivity contribution in [2.24, 2.45) is 5.92 Å². The highest BCUT2D eigenvalue weighted by Crippen LogP contribution is 2.44. The molecule has 3 saturated heterocycles. The molecule has 0 aliphatic carbocycles. The maximum atomic E-state index is 12.5. The van der Waals surface area contributed by atoms with Gasteiger partial charge in [0.25, 0.3) is 0 Å². The molecule has 6 rings (SSSR count). The van der Waals surface area contributed by atoms with Gasteiger partial charge in [0.15, 0.2) is 5.82 Å². The molecule has 0 spiro atoms. The number of fused-ring (bicyclic) bond motifs is 2. The fourth-order valence-electron chi connectivity index (χ4n) is 7.12. The summed E-state index contributed by atoms with van der Waals surface area (Å²) in [5.41, 5.74) is 9.10. The molecule has 1 aromatic heterocycles. The number of hydrogen-bond acceptors (Lipinski definition) is 9. The van der Waals surface area contributed by atoms with E-state index in [9.17, 15) is 9.90 Å². The lowest BCUT2D eigenvalue weighted by Gasteiger charge is -2.54. The number of piperidine rings is 1. The van der Waals surface area contributed by atoms with Gasteiger partial charge in [-0.1, -0.05) is 30.3 Å². The van der Waals surface area contributed by atoms with Crippen LogP contribution in [0, 0.1) is 5.92 Å². The van der Waals surface area contributed by atoms with Crippen LogP contribution >= 0.6 is 0 Å². The van der Waals surface area contributed by atoms with E-state index < -0.39 is 0 Å². The summed E-state index contributed by atoms with van der Waals surface area (Å²) in [5, 5.41) is 20.7. The van der Waals surface area contributed by atoms with Crippen LogP contribution in [0.4, 0.5) is 11.5 Å². The van der Waals surface area contributed by atoms with E-state index in [1.54, 1.807) is 24.3 Å². The van der Waals surface area contributed by atoms with E-state index in [1.165, 1.54) is 0 Å². The highest BCUT2D eigenvalue weighted by molar-refractivity contribution is 5.89. The Balaban J connectivity index is 1.12. The topological polar surface area (TPSA) is 108 Å². The van der Waals surface area contributed by atoms with E-state index in [0.717, 1.165) is 57.5 Å². The molecular weight excluding hydrogens is 504 g/mol. The molecule has 9 heteroatoms. The predicted molar refractivity (Wildman–Crippen MR) is 155 cm³/mol. The number of hydroxylamine groups is 2. The van der Waals surface area contributed by atoms with Crippen LogP contribution < -0.4 is 10.6 Å². The fraction of sp³-hybridized carbons (Fsp3) is 0.452. The van der Waals surface area contributed by atoms with Crippen molar-refractivity contribution in [1.82, 2.24) is 20.2 Å². The first-order chi connectivity index (χ1) is 19.3. The Morgan fingerprint density at radius 2 is 1.60 bits per heavy atom. The molecule has 3 fully saturated rings. The molecule has 0 amide bonds. The summed E-state index contributed by atoms with van der Waals surface area (Å²) in [6.45, 7) is 8.03. The molecule has 9 nitrogen and oxygen atoms in total. The van der Waals surface area contributed by atoms with Crippen LogP contribution in [-0.2, 0) is 4.84 Å². The minimum Gasteiger partial charge on any atom is -0.507 e. The smallest absolute Gasteiger partial charge is 0.357 e. The number of rotatable bonds is 6. The largest absolute Gasteiger partial charge is 0.507 e. The van der Waals surface area contributed by atoms with Gasteiger partial charge in [0.2, 0.25) is 0 Å². The summed E-state index contributed by atoms with van der Waals surface area (Å²) in [5.74, 6) is 0.820. The quantitative estimate of drug-likeness (QED) is 0.470. The number of nitrogens with two attached hydrogens (primary N) is 1. The maximum Gasteiger partial charge on any atom is 0.357 e. The molecule has 4 heterocycles. The number of aromatic hydroxyl groups is 1. The third-order valence-corrected chi connectivity index (χ3v) is 9.14. The Kier molecular flexibility index (Phi) is 7.10. The van der Waals surface area contributed by atoms with Gasteiger partial charge in [-0.15, -0.1) is 15.3 Å². The second-order valence-corrected chi connectivity index (χ2v) is 11.8. The molecule has 210 valence electrons. The number of nitrogens with zero attached hydrogens (tertiary/aromatic N) is 5. The fourth-order valence-corrected chi connectivity index (χ4v) is 7.12. The normalized spacial score (nSPS) is 22.4. The Labute approximate surface area is 235 Å². The number of nitrogen functional groups attached to an aromatic ring is 1. The molecular formula is C31H38N6O3. The molecule has 3 aliphatic rings. The summed E-state index contributed by atoms with van der Waals surface area (Å²) in [4.78, 5) is 23.3. The molecule has 40 heavy (non-hydrogen) atoms. The van der Waals surface area contributed by atoms with Gasteiger partial charge in [0.05, 0.1) is 16.9 Å². The second-order valence-electron chi connectivity index (χ2n) is 11.8. The number of hydrogen-bond donors (Lipinski definition) is 2. The molecule has 2 atom stereocenters. The Bertz CT molecular complexity index is 1340. The number of carbonyl (C=O) groups is 1. The van der Waals surface area contributed by atoms with E-state index >= 15 is 0 Å². The molecule has 3 N–H and O–H groups in total. The lowest BCUT2D eigenvalue weighted by molar-refractivity contribution is -0.137. The number of aromatic nitrogens is 2. The predicted octanol–water partition coefficient (Wildman–Crippen LogP) is 4.35. The van der Waals surface area contributed by atoms with E-state index in [-0.39, 0.29) is 17.3 Å². The van der Waals surface area contributed by atoms with Crippen LogP contribution in [0.5, 0.6) is 5.75 Å². The summed E-state index contributed by atoms with van der Waals surface area (Å²) in [6.07, 6.45) is 4.28. The van der Waals surface area contributed by atoms with Crippen LogP contribution in [0.1, 0.15) is 49.9 Å². The van der Waals surface area contributed by atoms with Crippen molar-refractivity contribution in [3.05, 3.63) is 66.2 Å². The average molecular weight is 543 g/mol. The summed E-state index contributed by atoms with van der Waals surface area (Å²) in [6, 6.07) is 19.2. The molecule has 2 unspecified atom stereocenters. The van der Waals surface area contributed by atoms with Crippen molar-refractivity contribution >= 4 is 17.5 Å². The third-order valence-electron chi connectivity index (χ3n) is 9.14. The highest BCUT2D eigenvalue weighted by atomic mass is 16.7. The number of carbonyl (C=O) groups excluding carboxylic acids is 1. The van der Waals surface area contributed by atoms with Crippen molar-refractivity contribution in [2.75, 3.05) is 36.8 Å². The second kappa shape index (κ2) is 10.7. The number of phenols is 1. The Morgan fingerprint density at radius 1 is 0.950 bits per heavy atom. The van der Waals surface area contributed by atoms with E-state index in [0.29, 0.717) is 40.6 Å². The van der Waals surface area contributed by atoms with Gasteiger partial charge in [0, 0.05) is 49.4 Å². The number of phenolic OH excluding ortho intramolecular Hbond substituents is 1. The van der Waals surface area contributed by atoms with Crippen LogP contribution in [-0.4, -0.2) is 75.0 Å². The molecule has 0 saturated carbocycles. The number of anilines is 2. The number of piperazine rings is 1. The molecule has 3 aromatic rings. The van der Waals surface area contributed by atoms with Crippen molar-refractivity contribution < 1.29 is 14.7 Å². The van der Waals surface area contributed by atoms with Gasteiger partial charge in [-0.25, -0.2) is 4.79 Å². The lowest BCUT2D eigenvalue weighted by Crippen LogP contribution is -2.64. The number of benzene rings is 2. The first-order valence-electron chi connectivity index (χ1n) is 14.3. The third kappa shape index (κ3) is 4.99. The molecule has 0 radical (unpaired) electrons. The van der Waals surface area contributed by atoms with Gasteiger partial charge in [-0.2, -0.15) is 0 Å². The van der Waals surface area contributed by atoms with Crippen molar-refractivity contribution in [3.8, 4) is 17.0 Å². The van der Waals surface area contributed by atoms with Gasteiger partial charge in [0.1, 0.15) is 5.75 Å². The van der Waals surface area contributed by atoms with E-state index in [2.05, 4.69) is 33.8 Å². The highest BCUT2D eigenvalue weighted by Gasteiger charge is 2.50. The van der Waals surface area contributed by atoms with Crippen molar-refractivity contribution in [1.29, 1.82) is 0 Å². The van der Waals surface area contributed by atoms with Gasteiger partial charge in [-0.05, 0) is 75.8 Å². The summed E-state index contributed by atoms with van der Waals surface area (Å²) in [7, 11) is 0. The zero-order valence-electron chi connectivity index (χ0n) is 23.2. The molecule has 2 bridgehead atoms. The van der Waals surface area contributed by atoms with Crippen LogP contribution in [0.25, 0.3) is 11.3 Å². The minimum atomic E-state index is -0.289. The monoisotopic (exact) mass is 542 g/mol. The lowest BCUT2D eigenvalue weighted by atomic mass is 9.78. The van der Waals surface area contributed by atoms with Gasteiger partial charge >= 0.3 is 5.97 Å². The zero-order valence-corrected chi connectivity index (χ0v) is 23.2. The van der Waals surface area contributed by atoms with Crippen LogP contribution in [0.2, 0.25) is 0 Å². The first kappa shape index (κ1) is 26.5. The van der Waals surface area contributed by atoms with Gasteiger partial charge < -0.3 is 20.6 Å². The number of para-hydroxylation sites is 1. The van der Waals surface area contributed by atoms with Gasteiger partial charge in [-0.3, -0.25) is 4.90 Å². The summed E-state index contributed by atoms with van der Waals surface area (Å²) >= 11 is 0. The first-order valence-corrected chi connectivity index (χ1v) is 14.3. The molecule has 3 aliphatic heterocycles. The average Bonchev–Trinajstić information content (AvgIpc) is 3.25. The Morgan fingerprint density at radius 3 is 2.27 bits per heavy atom. The van der Waals surface area contributed by atoms with Crippen molar-refractivity contribution in [3.63, 3.8) is 0 Å². The van der Waals surface area contributed by atoms with E-state index in [4.69, 9.17) is 10.6 Å². The van der Waals surface area contributed by atoms with Crippen LogP contribution in [0.3, 0.4) is 0 Å². The van der Waals surface area contributed by atoms with Crippen LogP contribution in [0.15, 0.2) is 60.7 Å². The minimum absolute atomic E-state index is 0.0243. The van der Waals surface area contributed by atoms with E-state index in [1.807, 2.05) is 41.5 Å². The van der Waals surface area contributed by atoms with Crippen molar-refractivity contribution in [2.45, 2.75) is 57.2 Å². The summed E-state index contributed by atoms with van der Waals surface area (Å²) < 4.78 is 0. The SMILES string of the molecule is CC(C)(C1CCN(OC(=O)c2ccccc2)CC1)N1C2CCC1CN(c1cc(-c3ccccc3O)nnc1N)C2. The molecule has 2 aromatic carbocycles. The maximum absolute atomic E-state index is 12.5. The Hall–Kier alpha value is -3.69. The standard InChI is InChI=1S/C31H38N6O3/c1-31(2,22-14-16-36(17-15-22)40-30(39)21-8-4-3-5-9-21)37-23-12-13-24(37)20-35(19-23)27-18-26(33-34-29(27)32)25-10-6-7-11-28(25)38/h3-11,18,22-24,38H,12-17,19-20H2,1-2H3,(H2,32,34). The zero-order chi connectivity index (χ0) is 27.9.